The van der Waals surface area contributed by atoms with Gasteiger partial charge in [-0.05, 0) is 69.3 Å². The zero-order chi connectivity index (χ0) is 16.7. The van der Waals surface area contributed by atoms with Gasteiger partial charge < -0.3 is 4.57 Å². The fourth-order valence-corrected chi connectivity index (χ4v) is 4.21. The molecule has 0 N–H and O–H groups in total. The van der Waals surface area contributed by atoms with Gasteiger partial charge in [-0.25, -0.2) is 9.67 Å². The first-order valence-corrected chi connectivity index (χ1v) is 9.20. The fourth-order valence-electron chi connectivity index (χ4n) is 4.21. The minimum atomic E-state index is 0.288. The van der Waals surface area contributed by atoms with Crippen LogP contribution in [0.5, 0.6) is 0 Å². The lowest BCUT2D eigenvalue weighted by Gasteiger charge is -2.24. The number of likely N-dealkylation sites (tertiary alicyclic amines) is 1. The van der Waals surface area contributed by atoms with Gasteiger partial charge >= 0.3 is 0 Å². The smallest absolute Gasteiger partial charge is 0.165 e. The average molecular weight is 329 g/mol. The first kappa shape index (κ1) is 15.7. The van der Waals surface area contributed by atoms with Crippen LogP contribution >= 0.6 is 0 Å². The molecule has 24 heavy (non-hydrogen) atoms. The fraction of sp³-hybridized carbons (Fsp3) is 0.765. The van der Waals surface area contributed by atoms with Crippen LogP contribution in [0.15, 0.2) is 0 Å². The van der Waals surface area contributed by atoms with E-state index in [1.54, 1.807) is 0 Å². The van der Waals surface area contributed by atoms with Crippen LogP contribution in [0.4, 0.5) is 0 Å². The number of aromatic nitrogens is 6. The van der Waals surface area contributed by atoms with E-state index in [0.29, 0.717) is 6.04 Å². The van der Waals surface area contributed by atoms with E-state index in [0.717, 1.165) is 25.3 Å². The molecule has 1 aliphatic carbocycles. The molecule has 2 aromatic rings. The average Bonchev–Trinajstić information content (AvgIpc) is 3.28. The van der Waals surface area contributed by atoms with E-state index in [9.17, 15) is 0 Å². The highest BCUT2D eigenvalue weighted by Gasteiger charge is 2.32. The predicted octanol–water partition coefficient (Wildman–Crippen LogP) is 2.20. The molecule has 1 atom stereocenters. The van der Waals surface area contributed by atoms with Crippen molar-refractivity contribution in [1.82, 2.24) is 34.7 Å². The number of tetrazole rings is 1. The molecule has 1 saturated heterocycles. The van der Waals surface area contributed by atoms with Gasteiger partial charge in [0.2, 0.25) is 0 Å². The molecular formula is C17H27N7. The van der Waals surface area contributed by atoms with Crippen molar-refractivity contribution in [2.75, 3.05) is 6.54 Å². The summed E-state index contributed by atoms with van der Waals surface area (Å²) in [5.41, 5.74) is 2.78. The maximum Gasteiger partial charge on any atom is 0.165 e. The van der Waals surface area contributed by atoms with E-state index >= 15 is 0 Å². The highest BCUT2D eigenvalue weighted by atomic mass is 15.6. The molecule has 0 unspecified atom stereocenters. The number of fused-ring (bicyclic) bond motifs is 1. The largest absolute Gasteiger partial charge is 0.334 e. The number of aryl methyl sites for hydroxylation is 1. The summed E-state index contributed by atoms with van der Waals surface area (Å²) in [6, 6.07) is 0.675. The molecule has 130 valence electrons. The summed E-state index contributed by atoms with van der Waals surface area (Å²) >= 11 is 0. The first-order chi connectivity index (χ1) is 11.6. The summed E-state index contributed by atoms with van der Waals surface area (Å²) < 4.78 is 4.29. The van der Waals surface area contributed by atoms with Gasteiger partial charge in [0.1, 0.15) is 5.82 Å². The van der Waals surface area contributed by atoms with Crippen LogP contribution in [-0.2, 0) is 26.4 Å². The quantitative estimate of drug-likeness (QED) is 0.860. The molecule has 4 rings (SSSR count). The Labute approximate surface area is 143 Å². The second kappa shape index (κ2) is 6.27. The molecule has 0 bridgehead atoms. The Morgan fingerprint density at radius 1 is 1.17 bits per heavy atom. The third kappa shape index (κ3) is 2.64. The number of hydrogen-bond donors (Lipinski definition) is 0. The van der Waals surface area contributed by atoms with Crippen LogP contribution in [0, 0.1) is 0 Å². The van der Waals surface area contributed by atoms with Crippen LogP contribution < -0.4 is 0 Å². The highest BCUT2D eigenvalue weighted by Crippen LogP contribution is 2.34. The van der Waals surface area contributed by atoms with Crippen molar-refractivity contribution in [2.45, 2.75) is 71.0 Å². The van der Waals surface area contributed by atoms with Crippen LogP contribution in [0.25, 0.3) is 0 Å². The molecule has 0 radical (unpaired) electrons. The van der Waals surface area contributed by atoms with Crippen molar-refractivity contribution >= 4 is 0 Å². The zero-order valence-electron chi connectivity index (χ0n) is 14.9. The molecule has 0 aromatic carbocycles. The molecule has 0 amide bonds. The Morgan fingerprint density at radius 2 is 2.00 bits per heavy atom. The molecule has 7 nitrogen and oxygen atoms in total. The van der Waals surface area contributed by atoms with Gasteiger partial charge in [-0.3, -0.25) is 4.90 Å². The standard InChI is InChI=1S/C17H27N7/c1-12(2)24-16(19-20-21-24)11-23-10-6-9-15(23)17-18-13-7-4-5-8-14(13)22(17)3/h12,15H,4-11H2,1-3H3/t15-/m1/s1. The second-order valence-electron chi connectivity index (χ2n) is 7.39. The lowest BCUT2D eigenvalue weighted by molar-refractivity contribution is 0.224. The van der Waals surface area contributed by atoms with Gasteiger partial charge in [0.25, 0.3) is 0 Å². The summed E-state index contributed by atoms with van der Waals surface area (Å²) in [6.45, 7) is 6.13. The first-order valence-electron chi connectivity index (χ1n) is 9.20. The van der Waals surface area contributed by atoms with Gasteiger partial charge in [0.15, 0.2) is 5.82 Å². The Kier molecular flexibility index (Phi) is 4.12. The van der Waals surface area contributed by atoms with Crippen molar-refractivity contribution in [2.24, 2.45) is 7.05 Å². The van der Waals surface area contributed by atoms with E-state index in [-0.39, 0.29) is 6.04 Å². The SMILES string of the molecule is CC(C)n1nnnc1CN1CCC[C@@H]1c1nc2c(n1C)CCCC2. The van der Waals surface area contributed by atoms with E-state index in [2.05, 4.69) is 45.9 Å². The molecule has 1 aliphatic heterocycles. The maximum atomic E-state index is 5.03. The predicted molar refractivity (Wildman–Crippen MR) is 90.4 cm³/mol. The number of nitrogens with zero attached hydrogens (tertiary/aromatic N) is 7. The topological polar surface area (TPSA) is 64.7 Å². The monoisotopic (exact) mass is 329 g/mol. The van der Waals surface area contributed by atoms with Crippen molar-refractivity contribution in [1.29, 1.82) is 0 Å². The zero-order valence-corrected chi connectivity index (χ0v) is 14.9. The second-order valence-corrected chi connectivity index (χ2v) is 7.39. The summed E-state index contributed by atoms with van der Waals surface area (Å²) in [5.74, 6) is 2.19. The number of hydrogen-bond acceptors (Lipinski definition) is 5. The normalized spacial score (nSPS) is 21.6. The Bertz CT molecular complexity index is 715. The summed E-state index contributed by atoms with van der Waals surface area (Å²) in [6.07, 6.45) is 7.28. The molecule has 3 heterocycles. The molecular weight excluding hydrogens is 302 g/mol. The summed E-state index contributed by atoms with van der Waals surface area (Å²) in [4.78, 5) is 7.53. The maximum absolute atomic E-state index is 5.03. The lowest BCUT2D eigenvalue weighted by atomic mass is 10.0. The van der Waals surface area contributed by atoms with Crippen molar-refractivity contribution in [3.05, 3.63) is 23.0 Å². The molecule has 2 aliphatic rings. The van der Waals surface area contributed by atoms with Crippen LogP contribution in [-0.4, -0.2) is 41.2 Å². The Morgan fingerprint density at radius 3 is 2.79 bits per heavy atom. The van der Waals surface area contributed by atoms with Gasteiger partial charge in [-0.2, -0.15) is 0 Å². The van der Waals surface area contributed by atoms with Gasteiger partial charge in [-0.1, -0.05) is 0 Å². The molecule has 0 spiro atoms. The van der Waals surface area contributed by atoms with Gasteiger partial charge in [0, 0.05) is 12.7 Å². The van der Waals surface area contributed by atoms with Crippen molar-refractivity contribution in [3.8, 4) is 0 Å². The summed E-state index contributed by atoms with van der Waals surface area (Å²) in [5, 5.41) is 12.3. The van der Waals surface area contributed by atoms with Gasteiger partial charge in [0.05, 0.1) is 24.3 Å². The molecule has 0 saturated carbocycles. The summed E-state index contributed by atoms with van der Waals surface area (Å²) in [7, 11) is 2.20. The minimum absolute atomic E-state index is 0.288. The van der Waals surface area contributed by atoms with Crippen LogP contribution in [0.3, 0.4) is 0 Å². The van der Waals surface area contributed by atoms with Gasteiger partial charge in [-0.15, -0.1) is 5.10 Å². The molecule has 7 heteroatoms. The van der Waals surface area contributed by atoms with Crippen LogP contribution in [0.1, 0.15) is 74.7 Å². The molecule has 1 fully saturated rings. The number of imidazole rings is 1. The highest BCUT2D eigenvalue weighted by molar-refractivity contribution is 5.22. The van der Waals surface area contributed by atoms with E-state index < -0.39 is 0 Å². The lowest BCUT2D eigenvalue weighted by Crippen LogP contribution is -2.27. The van der Waals surface area contributed by atoms with E-state index in [1.165, 1.54) is 49.3 Å². The Balaban J connectivity index is 1.59. The molecule has 2 aromatic heterocycles. The van der Waals surface area contributed by atoms with Crippen LogP contribution in [0.2, 0.25) is 0 Å². The van der Waals surface area contributed by atoms with Crippen molar-refractivity contribution < 1.29 is 0 Å². The third-order valence-electron chi connectivity index (χ3n) is 5.46. The third-order valence-corrected chi connectivity index (χ3v) is 5.46. The van der Waals surface area contributed by atoms with E-state index in [4.69, 9.17) is 4.98 Å². The van der Waals surface area contributed by atoms with Crippen molar-refractivity contribution in [3.63, 3.8) is 0 Å². The Hall–Kier alpha value is -1.76. The van der Waals surface area contributed by atoms with E-state index in [1.807, 2.05) is 4.68 Å². The minimum Gasteiger partial charge on any atom is -0.334 e. The number of rotatable bonds is 4.